The Morgan fingerprint density at radius 3 is 2.55 bits per heavy atom. The molecule has 1 aliphatic heterocycles. The van der Waals surface area contributed by atoms with Crippen molar-refractivity contribution in [3.63, 3.8) is 0 Å². The number of aromatic nitrogens is 1. The van der Waals surface area contributed by atoms with Crippen molar-refractivity contribution < 1.29 is 9.90 Å². The minimum Gasteiger partial charge on any atom is -0.477 e. The number of nitrogens with zero attached hydrogens (tertiary/aromatic N) is 2. The third-order valence-corrected chi connectivity index (χ3v) is 4.33. The van der Waals surface area contributed by atoms with Gasteiger partial charge in [-0.3, -0.25) is 0 Å². The summed E-state index contributed by atoms with van der Waals surface area (Å²) in [5.74, 6) is -0.101. The monoisotopic (exact) mass is 278 g/mol. The Bertz CT molecular complexity index is 445. The van der Waals surface area contributed by atoms with E-state index in [0.717, 1.165) is 31.8 Å². The predicted molar refractivity (Wildman–Crippen MR) is 80.2 cm³/mol. The van der Waals surface area contributed by atoms with E-state index in [0.29, 0.717) is 17.8 Å². The lowest BCUT2D eigenvalue weighted by Gasteiger charge is -2.37. The summed E-state index contributed by atoms with van der Waals surface area (Å²) in [6, 6.07) is 4.48. The Morgan fingerprint density at radius 2 is 2.00 bits per heavy atom. The number of carboxylic acid groups (broad SMARTS) is 1. The van der Waals surface area contributed by atoms with Crippen molar-refractivity contribution in [3.8, 4) is 0 Å². The van der Waals surface area contributed by atoms with Crippen LogP contribution in [-0.2, 0) is 0 Å². The number of rotatable bonds is 5. The molecule has 1 aromatic rings. The van der Waals surface area contributed by atoms with Gasteiger partial charge in [-0.1, -0.05) is 13.8 Å². The maximum Gasteiger partial charge on any atom is 0.352 e. The molecule has 0 aliphatic carbocycles. The number of hydrogen-bond acceptors (Lipinski definition) is 2. The second-order valence-electron chi connectivity index (χ2n) is 6.35. The number of carbonyl (C=O) groups is 1. The van der Waals surface area contributed by atoms with Gasteiger partial charge in [0.1, 0.15) is 5.69 Å². The van der Waals surface area contributed by atoms with Gasteiger partial charge in [0.05, 0.1) is 0 Å². The molecule has 1 unspecified atom stereocenters. The van der Waals surface area contributed by atoms with E-state index in [1.165, 1.54) is 6.42 Å². The van der Waals surface area contributed by atoms with Gasteiger partial charge in [-0.15, -0.1) is 0 Å². The molecule has 1 saturated heterocycles. The number of likely N-dealkylation sites (tertiary alicyclic amines) is 1. The van der Waals surface area contributed by atoms with E-state index in [-0.39, 0.29) is 0 Å². The quantitative estimate of drug-likeness (QED) is 0.899. The standard InChI is InChI=1S/C16H26N2O2/c1-12(2)11-13(3)17-9-6-14(7-10-17)18-8-4-5-15(18)16(19)20/h4-5,8,12-14H,6-7,9-11H2,1-3H3,(H,19,20). The van der Waals surface area contributed by atoms with Crippen LogP contribution in [0.2, 0.25) is 0 Å². The molecule has 0 radical (unpaired) electrons. The van der Waals surface area contributed by atoms with Crippen LogP contribution in [0.4, 0.5) is 0 Å². The maximum absolute atomic E-state index is 11.2. The SMILES string of the molecule is CC(C)CC(C)N1CCC(n2cccc2C(=O)O)CC1. The van der Waals surface area contributed by atoms with Crippen LogP contribution in [0.1, 0.15) is 56.6 Å². The topological polar surface area (TPSA) is 45.5 Å². The van der Waals surface area contributed by atoms with Crippen LogP contribution in [0.5, 0.6) is 0 Å². The molecule has 2 rings (SSSR count). The van der Waals surface area contributed by atoms with Crippen LogP contribution in [-0.4, -0.2) is 39.7 Å². The van der Waals surface area contributed by atoms with Gasteiger partial charge in [-0.25, -0.2) is 4.79 Å². The smallest absolute Gasteiger partial charge is 0.352 e. The highest BCUT2D eigenvalue weighted by Gasteiger charge is 2.25. The van der Waals surface area contributed by atoms with Gasteiger partial charge < -0.3 is 14.6 Å². The molecule has 1 fully saturated rings. The Hall–Kier alpha value is -1.29. The predicted octanol–water partition coefficient (Wildman–Crippen LogP) is 3.26. The van der Waals surface area contributed by atoms with Crippen LogP contribution >= 0.6 is 0 Å². The third kappa shape index (κ3) is 3.42. The highest BCUT2D eigenvalue weighted by molar-refractivity contribution is 5.85. The molecule has 1 aromatic heterocycles. The Morgan fingerprint density at radius 1 is 1.35 bits per heavy atom. The summed E-state index contributed by atoms with van der Waals surface area (Å²) in [7, 11) is 0. The zero-order valence-corrected chi connectivity index (χ0v) is 12.7. The third-order valence-electron chi connectivity index (χ3n) is 4.33. The van der Waals surface area contributed by atoms with Crippen LogP contribution in [0.3, 0.4) is 0 Å². The molecule has 0 aromatic carbocycles. The van der Waals surface area contributed by atoms with Crippen molar-refractivity contribution in [1.82, 2.24) is 9.47 Å². The molecule has 0 saturated carbocycles. The average molecular weight is 278 g/mol. The maximum atomic E-state index is 11.2. The second kappa shape index (κ2) is 6.44. The lowest BCUT2D eigenvalue weighted by atomic mass is 9.99. The zero-order chi connectivity index (χ0) is 14.7. The minimum atomic E-state index is -0.828. The molecule has 0 spiro atoms. The summed E-state index contributed by atoms with van der Waals surface area (Å²) < 4.78 is 1.94. The first-order chi connectivity index (χ1) is 9.49. The van der Waals surface area contributed by atoms with Gasteiger partial charge in [0.2, 0.25) is 0 Å². The molecule has 0 bridgehead atoms. The molecule has 20 heavy (non-hydrogen) atoms. The van der Waals surface area contributed by atoms with Crippen LogP contribution in [0, 0.1) is 5.92 Å². The van der Waals surface area contributed by atoms with Gasteiger partial charge in [0.15, 0.2) is 0 Å². The van der Waals surface area contributed by atoms with E-state index in [9.17, 15) is 9.90 Å². The van der Waals surface area contributed by atoms with Crippen molar-refractivity contribution >= 4 is 5.97 Å². The van der Waals surface area contributed by atoms with Crippen molar-refractivity contribution in [2.24, 2.45) is 5.92 Å². The minimum absolute atomic E-state index is 0.332. The lowest BCUT2D eigenvalue weighted by molar-refractivity contribution is 0.0674. The van der Waals surface area contributed by atoms with Gasteiger partial charge in [0.25, 0.3) is 0 Å². The number of aromatic carboxylic acids is 1. The first-order valence-corrected chi connectivity index (χ1v) is 7.63. The van der Waals surface area contributed by atoms with Gasteiger partial charge >= 0.3 is 5.97 Å². The first-order valence-electron chi connectivity index (χ1n) is 7.63. The molecule has 1 N–H and O–H groups in total. The van der Waals surface area contributed by atoms with Crippen molar-refractivity contribution in [2.45, 2.75) is 52.1 Å². The summed E-state index contributed by atoms with van der Waals surface area (Å²) >= 11 is 0. The fourth-order valence-corrected chi connectivity index (χ4v) is 3.33. The largest absolute Gasteiger partial charge is 0.477 e. The van der Waals surface area contributed by atoms with Gasteiger partial charge in [0, 0.05) is 31.4 Å². The number of piperidine rings is 1. The normalized spacial score (nSPS) is 19.4. The first kappa shape index (κ1) is 15.1. The van der Waals surface area contributed by atoms with E-state index in [4.69, 9.17) is 0 Å². The van der Waals surface area contributed by atoms with Crippen molar-refractivity contribution in [2.75, 3.05) is 13.1 Å². The van der Waals surface area contributed by atoms with E-state index < -0.39 is 5.97 Å². The molecule has 1 atom stereocenters. The van der Waals surface area contributed by atoms with Crippen LogP contribution in [0.15, 0.2) is 18.3 Å². The molecule has 4 nitrogen and oxygen atoms in total. The number of hydrogen-bond donors (Lipinski definition) is 1. The highest BCUT2D eigenvalue weighted by atomic mass is 16.4. The van der Waals surface area contributed by atoms with Crippen molar-refractivity contribution in [3.05, 3.63) is 24.0 Å². The Labute approximate surface area is 121 Å². The lowest BCUT2D eigenvalue weighted by Crippen LogP contribution is -2.41. The Kier molecular flexibility index (Phi) is 4.86. The van der Waals surface area contributed by atoms with E-state index in [1.54, 1.807) is 6.07 Å². The molecule has 4 heteroatoms. The summed E-state index contributed by atoms with van der Waals surface area (Å²) in [5, 5.41) is 9.19. The van der Waals surface area contributed by atoms with Crippen LogP contribution in [0.25, 0.3) is 0 Å². The molecular weight excluding hydrogens is 252 g/mol. The molecule has 2 heterocycles. The molecular formula is C16H26N2O2. The molecule has 1 aliphatic rings. The number of carboxylic acids is 1. The van der Waals surface area contributed by atoms with Gasteiger partial charge in [-0.05, 0) is 44.2 Å². The summed E-state index contributed by atoms with van der Waals surface area (Å²) in [6.07, 6.45) is 5.21. The summed E-state index contributed by atoms with van der Waals surface area (Å²) in [6.45, 7) is 8.97. The zero-order valence-electron chi connectivity index (χ0n) is 12.7. The van der Waals surface area contributed by atoms with Crippen molar-refractivity contribution in [1.29, 1.82) is 0 Å². The van der Waals surface area contributed by atoms with E-state index in [2.05, 4.69) is 25.7 Å². The second-order valence-corrected chi connectivity index (χ2v) is 6.35. The summed E-state index contributed by atoms with van der Waals surface area (Å²) in [4.78, 5) is 13.7. The van der Waals surface area contributed by atoms with Gasteiger partial charge in [-0.2, -0.15) is 0 Å². The van der Waals surface area contributed by atoms with E-state index >= 15 is 0 Å². The fourth-order valence-electron chi connectivity index (χ4n) is 3.33. The Balaban J connectivity index is 1.94. The average Bonchev–Trinajstić information content (AvgIpc) is 2.87. The summed E-state index contributed by atoms with van der Waals surface area (Å²) in [5.41, 5.74) is 0.415. The fraction of sp³-hybridized carbons (Fsp3) is 0.688. The van der Waals surface area contributed by atoms with E-state index in [1.807, 2.05) is 16.8 Å². The van der Waals surface area contributed by atoms with Crippen LogP contribution < -0.4 is 0 Å². The molecule has 0 amide bonds. The highest BCUT2D eigenvalue weighted by Crippen LogP contribution is 2.26. The molecule has 112 valence electrons.